The van der Waals surface area contributed by atoms with Crippen LogP contribution in [0.15, 0.2) is 24.3 Å². The Balaban J connectivity index is 2.36. The number of hydrogen-bond acceptors (Lipinski definition) is 5. The van der Waals surface area contributed by atoms with E-state index < -0.39 is 34.5 Å². The quantitative estimate of drug-likeness (QED) is 0.833. The fourth-order valence-corrected chi connectivity index (χ4v) is 4.29. The predicted molar refractivity (Wildman–Crippen MR) is 74.9 cm³/mol. The molecule has 2 N–H and O–H groups in total. The van der Waals surface area contributed by atoms with Crippen molar-refractivity contribution in [2.75, 3.05) is 23.0 Å². The number of sulfone groups is 1. The molecule has 1 aromatic rings. The Bertz CT molecular complexity index is 618. The summed E-state index contributed by atoms with van der Waals surface area (Å²) >= 11 is 5.87. The smallest absolute Gasteiger partial charge is 0.323 e. The number of benzene rings is 1. The first-order chi connectivity index (χ1) is 9.28. The Labute approximate surface area is 121 Å². The predicted octanol–water partition coefficient (Wildman–Crippen LogP) is 0.389. The molecular formula is C12H14ClNO5S. The zero-order valence-corrected chi connectivity index (χ0v) is 12.0. The van der Waals surface area contributed by atoms with Crippen molar-refractivity contribution < 1.29 is 23.4 Å². The fraction of sp³-hybridized carbons (Fsp3) is 0.417. The van der Waals surface area contributed by atoms with Crippen LogP contribution in [-0.2, 0) is 14.6 Å². The lowest BCUT2D eigenvalue weighted by atomic mass is 10.1. The molecule has 0 aliphatic carbocycles. The number of rotatable bonds is 4. The van der Waals surface area contributed by atoms with E-state index in [1.807, 2.05) is 0 Å². The molecule has 0 saturated carbocycles. The van der Waals surface area contributed by atoms with Gasteiger partial charge in [0.2, 0.25) is 0 Å². The second-order valence-electron chi connectivity index (χ2n) is 4.71. The normalized spacial score (nSPS) is 24.5. The van der Waals surface area contributed by atoms with Gasteiger partial charge in [0.05, 0.1) is 23.7 Å². The monoisotopic (exact) mass is 319 g/mol. The summed E-state index contributed by atoms with van der Waals surface area (Å²) in [6.45, 7) is -0.405. The van der Waals surface area contributed by atoms with E-state index in [2.05, 4.69) is 0 Å². The lowest BCUT2D eigenvalue weighted by Crippen LogP contribution is -2.46. The van der Waals surface area contributed by atoms with Crippen molar-refractivity contribution >= 4 is 33.1 Å². The van der Waals surface area contributed by atoms with Crippen LogP contribution in [-0.4, -0.2) is 54.8 Å². The molecule has 110 valence electrons. The average Bonchev–Trinajstić information content (AvgIpc) is 2.59. The van der Waals surface area contributed by atoms with Crippen molar-refractivity contribution in [3.8, 4) is 0 Å². The first kappa shape index (κ1) is 15.1. The van der Waals surface area contributed by atoms with Crippen molar-refractivity contribution in [1.29, 1.82) is 0 Å². The van der Waals surface area contributed by atoms with E-state index >= 15 is 0 Å². The lowest BCUT2D eigenvalue weighted by Gasteiger charge is -2.30. The minimum Gasteiger partial charge on any atom is -0.480 e. The van der Waals surface area contributed by atoms with Gasteiger partial charge in [0.1, 0.15) is 6.54 Å². The third-order valence-electron chi connectivity index (χ3n) is 3.14. The third kappa shape index (κ3) is 3.41. The zero-order valence-electron chi connectivity index (χ0n) is 10.4. The zero-order chi connectivity index (χ0) is 14.9. The Kier molecular flexibility index (Phi) is 4.22. The van der Waals surface area contributed by atoms with Gasteiger partial charge in [-0.25, -0.2) is 8.42 Å². The van der Waals surface area contributed by atoms with Crippen LogP contribution in [0.25, 0.3) is 0 Å². The molecular weight excluding hydrogens is 306 g/mol. The van der Waals surface area contributed by atoms with Gasteiger partial charge in [-0.15, -0.1) is 0 Å². The summed E-state index contributed by atoms with van der Waals surface area (Å²) in [4.78, 5) is 12.4. The van der Waals surface area contributed by atoms with E-state index in [0.29, 0.717) is 10.7 Å². The van der Waals surface area contributed by atoms with E-state index in [1.165, 1.54) is 4.90 Å². The van der Waals surface area contributed by atoms with Crippen LogP contribution in [0, 0.1) is 0 Å². The summed E-state index contributed by atoms with van der Waals surface area (Å²) in [6, 6.07) is 5.66. The molecule has 1 aliphatic heterocycles. The van der Waals surface area contributed by atoms with Crippen LogP contribution in [0.2, 0.25) is 5.02 Å². The van der Waals surface area contributed by atoms with Crippen molar-refractivity contribution in [2.24, 2.45) is 0 Å². The summed E-state index contributed by atoms with van der Waals surface area (Å²) in [5, 5.41) is 19.3. The van der Waals surface area contributed by atoms with Gasteiger partial charge in [0.15, 0.2) is 9.84 Å². The molecule has 2 rings (SSSR count). The molecule has 1 saturated heterocycles. The number of carbonyl (C=O) groups is 1. The Morgan fingerprint density at radius 3 is 2.60 bits per heavy atom. The largest absolute Gasteiger partial charge is 0.480 e. The van der Waals surface area contributed by atoms with E-state index in [9.17, 15) is 18.3 Å². The van der Waals surface area contributed by atoms with Crippen molar-refractivity contribution in [2.45, 2.75) is 12.1 Å². The Hall–Kier alpha value is -1.31. The minimum atomic E-state index is -3.36. The number of nitrogens with zero attached hydrogens (tertiary/aromatic N) is 1. The van der Waals surface area contributed by atoms with E-state index in [-0.39, 0.29) is 11.5 Å². The second kappa shape index (κ2) is 5.59. The molecule has 20 heavy (non-hydrogen) atoms. The molecule has 2 atom stereocenters. The fourth-order valence-electron chi connectivity index (χ4n) is 2.31. The highest BCUT2D eigenvalue weighted by Gasteiger charge is 2.40. The van der Waals surface area contributed by atoms with Crippen molar-refractivity contribution in [3.63, 3.8) is 0 Å². The van der Waals surface area contributed by atoms with Crippen LogP contribution < -0.4 is 4.90 Å². The molecule has 0 amide bonds. The van der Waals surface area contributed by atoms with Gasteiger partial charge < -0.3 is 15.1 Å². The first-order valence-electron chi connectivity index (χ1n) is 5.91. The van der Waals surface area contributed by atoms with Gasteiger partial charge >= 0.3 is 5.97 Å². The topological polar surface area (TPSA) is 94.9 Å². The molecule has 0 spiro atoms. The summed E-state index contributed by atoms with van der Waals surface area (Å²) < 4.78 is 23.2. The number of carboxylic acid groups (broad SMARTS) is 1. The van der Waals surface area contributed by atoms with E-state index in [0.717, 1.165) is 0 Å². The molecule has 1 aromatic carbocycles. The Morgan fingerprint density at radius 1 is 1.40 bits per heavy atom. The van der Waals surface area contributed by atoms with Gasteiger partial charge in [-0.2, -0.15) is 0 Å². The summed E-state index contributed by atoms with van der Waals surface area (Å²) in [7, 11) is -3.36. The number of anilines is 1. The molecule has 0 radical (unpaired) electrons. The molecule has 0 bridgehead atoms. The minimum absolute atomic E-state index is 0.270. The van der Waals surface area contributed by atoms with Crippen LogP contribution in [0.4, 0.5) is 5.69 Å². The molecule has 2 unspecified atom stereocenters. The van der Waals surface area contributed by atoms with Gasteiger partial charge in [0, 0.05) is 10.7 Å². The number of aliphatic hydroxyl groups is 1. The molecule has 8 heteroatoms. The van der Waals surface area contributed by atoms with Gasteiger partial charge in [-0.3, -0.25) is 4.79 Å². The third-order valence-corrected chi connectivity index (χ3v) is 5.07. The molecule has 1 aliphatic rings. The highest BCUT2D eigenvalue weighted by Crippen LogP contribution is 2.26. The van der Waals surface area contributed by atoms with Crippen molar-refractivity contribution in [3.05, 3.63) is 29.3 Å². The first-order valence-corrected chi connectivity index (χ1v) is 8.11. The number of aliphatic carboxylic acids is 1. The standard InChI is InChI=1S/C12H14ClNO5S/c13-8-2-1-3-9(4-8)14(5-12(16)17)10-6-20(18,19)7-11(10)15/h1-4,10-11,15H,5-7H2,(H,16,17). The maximum atomic E-state index is 11.6. The number of halogens is 1. The van der Waals surface area contributed by atoms with Crippen LogP contribution >= 0.6 is 11.6 Å². The van der Waals surface area contributed by atoms with Crippen LogP contribution in [0.5, 0.6) is 0 Å². The molecule has 6 nitrogen and oxygen atoms in total. The number of aliphatic hydroxyl groups excluding tert-OH is 1. The van der Waals surface area contributed by atoms with Crippen LogP contribution in [0.3, 0.4) is 0 Å². The summed E-state index contributed by atoms with van der Waals surface area (Å²) in [5.41, 5.74) is 0.473. The van der Waals surface area contributed by atoms with Gasteiger partial charge in [-0.05, 0) is 18.2 Å². The van der Waals surface area contributed by atoms with E-state index in [1.54, 1.807) is 24.3 Å². The second-order valence-corrected chi connectivity index (χ2v) is 7.30. The highest BCUT2D eigenvalue weighted by atomic mass is 35.5. The SMILES string of the molecule is O=C(O)CN(c1cccc(Cl)c1)C1CS(=O)(=O)CC1O. The lowest BCUT2D eigenvalue weighted by molar-refractivity contribution is -0.135. The average molecular weight is 320 g/mol. The molecule has 0 aromatic heterocycles. The molecule has 1 heterocycles. The van der Waals surface area contributed by atoms with Crippen LogP contribution in [0.1, 0.15) is 0 Å². The van der Waals surface area contributed by atoms with E-state index in [4.69, 9.17) is 16.7 Å². The summed E-state index contributed by atoms with van der Waals surface area (Å²) in [6.07, 6.45) is -1.11. The molecule has 1 fully saturated rings. The number of carboxylic acids is 1. The van der Waals surface area contributed by atoms with Crippen molar-refractivity contribution in [1.82, 2.24) is 0 Å². The van der Waals surface area contributed by atoms with Gasteiger partial charge in [-0.1, -0.05) is 17.7 Å². The summed E-state index contributed by atoms with van der Waals surface area (Å²) in [5.74, 6) is -1.73. The maximum absolute atomic E-state index is 11.6. The van der Waals surface area contributed by atoms with Gasteiger partial charge in [0.25, 0.3) is 0 Å². The highest BCUT2D eigenvalue weighted by molar-refractivity contribution is 7.91. The maximum Gasteiger partial charge on any atom is 0.323 e. The Morgan fingerprint density at radius 2 is 2.10 bits per heavy atom. The number of hydrogen-bond donors (Lipinski definition) is 2.